The summed E-state index contributed by atoms with van der Waals surface area (Å²) in [6.07, 6.45) is -0.792. The van der Waals surface area contributed by atoms with Gasteiger partial charge in [0.05, 0.1) is 12.1 Å². The van der Waals surface area contributed by atoms with E-state index in [4.69, 9.17) is 0 Å². The first-order chi connectivity index (χ1) is 14.9. The summed E-state index contributed by atoms with van der Waals surface area (Å²) in [4.78, 5) is 14.5. The van der Waals surface area contributed by atoms with E-state index in [1.165, 1.54) is 12.1 Å². The average molecular weight is 429 g/mol. The van der Waals surface area contributed by atoms with E-state index in [1.54, 1.807) is 4.90 Å². The molecule has 0 atom stereocenters. The summed E-state index contributed by atoms with van der Waals surface area (Å²) in [5.74, 6) is 0. The molecule has 0 spiro atoms. The molecule has 4 nitrogen and oxygen atoms in total. The fraction of sp³-hybridized carbons (Fsp3) is 0.292. The van der Waals surface area contributed by atoms with Crippen LogP contribution in [0.15, 0.2) is 72.9 Å². The fourth-order valence-electron chi connectivity index (χ4n) is 3.30. The van der Waals surface area contributed by atoms with Crippen LogP contribution in [0.3, 0.4) is 0 Å². The molecule has 164 valence electrons. The van der Waals surface area contributed by atoms with Gasteiger partial charge in [0.25, 0.3) is 0 Å². The van der Waals surface area contributed by atoms with Gasteiger partial charge in [0.15, 0.2) is 0 Å². The highest BCUT2D eigenvalue weighted by Crippen LogP contribution is 2.30. The zero-order valence-corrected chi connectivity index (χ0v) is 17.4. The molecule has 0 aliphatic rings. The molecule has 0 saturated carbocycles. The molecule has 0 fully saturated rings. The predicted octanol–water partition coefficient (Wildman–Crippen LogP) is 6.39. The highest BCUT2D eigenvalue weighted by atomic mass is 19.4. The van der Waals surface area contributed by atoms with E-state index in [2.05, 4.69) is 9.88 Å². The zero-order chi connectivity index (χ0) is 22.3. The molecule has 1 N–H and O–H groups in total. The lowest BCUT2D eigenvalue weighted by Gasteiger charge is -2.24. The van der Waals surface area contributed by atoms with Crippen LogP contribution in [-0.2, 0) is 19.3 Å². The van der Waals surface area contributed by atoms with Crippen LogP contribution in [0.5, 0.6) is 0 Å². The second-order valence-electron chi connectivity index (χ2n) is 7.40. The SMILES string of the molecule is CCCCN(Cc1cccn1Cc1ccccc1)C(=O)Nc1cccc(C(F)(F)F)c1. The molecule has 3 rings (SSSR count). The van der Waals surface area contributed by atoms with Crippen LogP contribution >= 0.6 is 0 Å². The number of halogens is 3. The van der Waals surface area contributed by atoms with E-state index in [-0.39, 0.29) is 5.69 Å². The normalized spacial score (nSPS) is 11.4. The molecular formula is C24H26F3N3O. The Morgan fingerprint density at radius 2 is 1.81 bits per heavy atom. The van der Waals surface area contributed by atoms with Gasteiger partial charge >= 0.3 is 12.2 Å². The Labute approximate surface area is 180 Å². The zero-order valence-electron chi connectivity index (χ0n) is 17.4. The van der Waals surface area contributed by atoms with E-state index in [0.29, 0.717) is 19.6 Å². The molecule has 1 heterocycles. The van der Waals surface area contributed by atoms with E-state index >= 15 is 0 Å². The van der Waals surface area contributed by atoms with Crippen molar-refractivity contribution < 1.29 is 18.0 Å². The largest absolute Gasteiger partial charge is 0.416 e. The van der Waals surface area contributed by atoms with Gasteiger partial charge in [-0.05, 0) is 42.3 Å². The average Bonchev–Trinajstić information content (AvgIpc) is 3.18. The third-order valence-corrected chi connectivity index (χ3v) is 4.98. The number of amides is 2. The molecule has 0 unspecified atom stereocenters. The maximum atomic E-state index is 13.0. The number of rotatable bonds is 8. The monoisotopic (exact) mass is 429 g/mol. The van der Waals surface area contributed by atoms with Crippen molar-refractivity contribution in [2.45, 2.75) is 39.0 Å². The van der Waals surface area contributed by atoms with Crippen LogP contribution in [0.1, 0.15) is 36.6 Å². The van der Waals surface area contributed by atoms with E-state index in [9.17, 15) is 18.0 Å². The van der Waals surface area contributed by atoms with Crippen molar-refractivity contribution in [2.24, 2.45) is 0 Å². The van der Waals surface area contributed by atoms with E-state index in [0.717, 1.165) is 36.2 Å². The van der Waals surface area contributed by atoms with Crippen molar-refractivity contribution in [1.29, 1.82) is 0 Å². The number of hydrogen-bond donors (Lipinski definition) is 1. The van der Waals surface area contributed by atoms with Crippen molar-refractivity contribution in [1.82, 2.24) is 9.47 Å². The Hall–Kier alpha value is -3.22. The van der Waals surface area contributed by atoms with Crippen LogP contribution in [0, 0.1) is 0 Å². The molecule has 0 aliphatic carbocycles. The first-order valence-corrected chi connectivity index (χ1v) is 10.3. The molecule has 2 amide bonds. The van der Waals surface area contributed by atoms with Gasteiger partial charge in [-0.1, -0.05) is 49.7 Å². The predicted molar refractivity (Wildman–Crippen MR) is 116 cm³/mol. The number of nitrogens with zero attached hydrogens (tertiary/aromatic N) is 2. The Bertz CT molecular complexity index is 983. The number of urea groups is 1. The van der Waals surface area contributed by atoms with Gasteiger partial charge < -0.3 is 14.8 Å². The second kappa shape index (κ2) is 10.2. The maximum Gasteiger partial charge on any atom is 0.416 e. The van der Waals surface area contributed by atoms with Gasteiger partial charge in [-0.15, -0.1) is 0 Å². The number of anilines is 1. The molecule has 0 bridgehead atoms. The Morgan fingerprint density at radius 1 is 1.03 bits per heavy atom. The second-order valence-corrected chi connectivity index (χ2v) is 7.40. The third kappa shape index (κ3) is 6.38. The summed E-state index contributed by atoms with van der Waals surface area (Å²) >= 11 is 0. The smallest absolute Gasteiger partial charge is 0.345 e. The minimum Gasteiger partial charge on any atom is -0.345 e. The van der Waals surface area contributed by atoms with Crippen LogP contribution in [0.4, 0.5) is 23.7 Å². The van der Waals surface area contributed by atoms with Crippen molar-refractivity contribution in [3.63, 3.8) is 0 Å². The number of benzene rings is 2. The maximum absolute atomic E-state index is 13.0. The number of nitrogens with one attached hydrogen (secondary N) is 1. The van der Waals surface area contributed by atoms with Crippen molar-refractivity contribution in [3.05, 3.63) is 89.7 Å². The topological polar surface area (TPSA) is 37.3 Å². The van der Waals surface area contributed by atoms with Gasteiger partial charge in [-0.25, -0.2) is 4.79 Å². The quantitative estimate of drug-likeness (QED) is 0.443. The van der Waals surface area contributed by atoms with Crippen LogP contribution in [0.2, 0.25) is 0 Å². The summed E-state index contributed by atoms with van der Waals surface area (Å²) in [7, 11) is 0. The molecule has 3 aromatic rings. The van der Waals surface area contributed by atoms with Gasteiger partial charge in [0, 0.05) is 30.7 Å². The van der Waals surface area contributed by atoms with Crippen LogP contribution in [0.25, 0.3) is 0 Å². The number of unbranched alkanes of at least 4 members (excludes halogenated alkanes) is 1. The van der Waals surface area contributed by atoms with Gasteiger partial charge in [0.1, 0.15) is 0 Å². The van der Waals surface area contributed by atoms with Gasteiger partial charge in [0.2, 0.25) is 0 Å². The lowest BCUT2D eigenvalue weighted by molar-refractivity contribution is -0.137. The van der Waals surface area contributed by atoms with Crippen LogP contribution in [-0.4, -0.2) is 22.0 Å². The molecular weight excluding hydrogens is 403 g/mol. The van der Waals surface area contributed by atoms with Gasteiger partial charge in [-0.2, -0.15) is 13.2 Å². The fourth-order valence-corrected chi connectivity index (χ4v) is 3.30. The summed E-state index contributed by atoms with van der Waals surface area (Å²) in [5, 5.41) is 2.62. The highest BCUT2D eigenvalue weighted by molar-refractivity contribution is 5.89. The highest BCUT2D eigenvalue weighted by Gasteiger charge is 2.30. The summed E-state index contributed by atoms with van der Waals surface area (Å²) in [6, 6.07) is 18.2. The number of carbonyl (C=O) groups is 1. The Kier molecular flexibility index (Phi) is 7.39. The Balaban J connectivity index is 1.74. The number of carbonyl (C=O) groups excluding carboxylic acids is 1. The minimum atomic E-state index is -4.46. The minimum absolute atomic E-state index is 0.126. The van der Waals surface area contributed by atoms with E-state index < -0.39 is 17.8 Å². The molecule has 1 aromatic heterocycles. The number of alkyl halides is 3. The number of aromatic nitrogens is 1. The molecule has 31 heavy (non-hydrogen) atoms. The summed E-state index contributed by atoms with van der Waals surface area (Å²) < 4.78 is 41.0. The lowest BCUT2D eigenvalue weighted by atomic mass is 10.2. The van der Waals surface area contributed by atoms with Crippen molar-refractivity contribution >= 4 is 11.7 Å². The Morgan fingerprint density at radius 3 is 2.52 bits per heavy atom. The molecule has 2 aromatic carbocycles. The van der Waals surface area contributed by atoms with Gasteiger partial charge in [-0.3, -0.25) is 0 Å². The molecule has 0 saturated heterocycles. The summed E-state index contributed by atoms with van der Waals surface area (Å²) in [6.45, 7) is 3.59. The van der Waals surface area contributed by atoms with Crippen molar-refractivity contribution in [3.8, 4) is 0 Å². The third-order valence-electron chi connectivity index (χ3n) is 4.98. The van der Waals surface area contributed by atoms with E-state index in [1.807, 2.05) is 55.6 Å². The van der Waals surface area contributed by atoms with Crippen molar-refractivity contribution in [2.75, 3.05) is 11.9 Å². The molecule has 7 heteroatoms. The first-order valence-electron chi connectivity index (χ1n) is 10.3. The first kappa shape index (κ1) is 22.5. The van der Waals surface area contributed by atoms with Crippen LogP contribution < -0.4 is 5.32 Å². The summed E-state index contributed by atoms with van der Waals surface area (Å²) in [5.41, 5.74) is 1.44. The standard InChI is InChI=1S/C24H26F3N3O/c1-2-3-14-30(23(31)28-21-12-7-11-20(16-21)24(25,26)27)18-22-13-8-15-29(22)17-19-9-5-4-6-10-19/h4-13,15-16H,2-3,14,17-18H2,1H3,(H,28,31). The molecule has 0 radical (unpaired) electrons. The lowest BCUT2D eigenvalue weighted by Crippen LogP contribution is -2.36. The molecule has 0 aliphatic heterocycles. The number of hydrogen-bond acceptors (Lipinski definition) is 1.